The number of rotatable bonds is 5. The van der Waals surface area contributed by atoms with E-state index < -0.39 is 0 Å². The second kappa shape index (κ2) is 6.19. The number of nitrogens with zero attached hydrogens (tertiary/aromatic N) is 1. The molecule has 1 aromatic carbocycles. The predicted molar refractivity (Wildman–Crippen MR) is 58.9 cm³/mol. The zero-order valence-corrected chi connectivity index (χ0v) is 8.61. The number of hydrogen-bond donors (Lipinski definition) is 1. The summed E-state index contributed by atoms with van der Waals surface area (Å²) in [5.41, 5.74) is 1.81. The van der Waals surface area contributed by atoms with Crippen LogP contribution in [-0.4, -0.2) is 10.9 Å². The average molecular weight is 191 g/mol. The molecular formula is C12H17NO. The average Bonchev–Trinajstić information content (AvgIpc) is 2.26. The molecule has 0 fully saturated rings. The van der Waals surface area contributed by atoms with Crippen LogP contribution in [-0.2, 0) is 0 Å². The van der Waals surface area contributed by atoms with Crippen molar-refractivity contribution in [3.05, 3.63) is 35.9 Å². The van der Waals surface area contributed by atoms with Crippen molar-refractivity contribution in [1.82, 2.24) is 0 Å². The van der Waals surface area contributed by atoms with Crippen LogP contribution in [0.2, 0.25) is 0 Å². The van der Waals surface area contributed by atoms with E-state index in [1.807, 2.05) is 30.3 Å². The zero-order valence-electron chi connectivity index (χ0n) is 8.61. The first-order valence-electron chi connectivity index (χ1n) is 5.14. The molecule has 0 bridgehead atoms. The van der Waals surface area contributed by atoms with Crippen molar-refractivity contribution in [2.75, 3.05) is 0 Å². The van der Waals surface area contributed by atoms with Gasteiger partial charge in [-0.25, -0.2) is 0 Å². The van der Waals surface area contributed by atoms with Gasteiger partial charge in [-0.1, -0.05) is 55.3 Å². The molecule has 0 heterocycles. The molecule has 2 nitrogen and oxygen atoms in total. The first-order valence-corrected chi connectivity index (χ1v) is 5.14. The van der Waals surface area contributed by atoms with E-state index in [1.165, 1.54) is 12.8 Å². The summed E-state index contributed by atoms with van der Waals surface area (Å²) in [5.74, 6) is 0. The van der Waals surface area contributed by atoms with Gasteiger partial charge in [0.15, 0.2) is 0 Å². The molecular weight excluding hydrogens is 174 g/mol. The van der Waals surface area contributed by atoms with Crippen LogP contribution in [0.15, 0.2) is 35.5 Å². The molecule has 0 aromatic heterocycles. The number of unbranched alkanes of at least 4 members (excludes halogenated alkanes) is 2. The van der Waals surface area contributed by atoms with Gasteiger partial charge in [-0.15, -0.1) is 0 Å². The van der Waals surface area contributed by atoms with Crippen LogP contribution < -0.4 is 0 Å². The molecule has 14 heavy (non-hydrogen) atoms. The minimum absolute atomic E-state index is 0.791. The molecule has 0 amide bonds. The van der Waals surface area contributed by atoms with Crippen molar-refractivity contribution < 1.29 is 5.21 Å². The van der Waals surface area contributed by atoms with Crippen molar-refractivity contribution in [2.45, 2.75) is 32.6 Å². The van der Waals surface area contributed by atoms with Gasteiger partial charge in [0.1, 0.15) is 0 Å². The molecule has 1 N–H and O–H groups in total. The Kier molecular flexibility index (Phi) is 4.76. The van der Waals surface area contributed by atoms with Gasteiger partial charge in [-0.3, -0.25) is 0 Å². The molecule has 1 aromatic rings. The molecule has 76 valence electrons. The van der Waals surface area contributed by atoms with Crippen LogP contribution in [0.3, 0.4) is 0 Å². The van der Waals surface area contributed by atoms with E-state index in [0.717, 1.165) is 24.1 Å². The molecule has 2 heteroatoms. The lowest BCUT2D eigenvalue weighted by molar-refractivity contribution is 0.317. The summed E-state index contributed by atoms with van der Waals surface area (Å²) >= 11 is 0. The van der Waals surface area contributed by atoms with E-state index >= 15 is 0 Å². The molecule has 0 spiro atoms. The fraction of sp³-hybridized carbons (Fsp3) is 0.417. The van der Waals surface area contributed by atoms with Crippen molar-refractivity contribution in [3.63, 3.8) is 0 Å². The highest BCUT2D eigenvalue weighted by atomic mass is 16.4. The molecule has 0 atom stereocenters. The third-order valence-corrected chi connectivity index (χ3v) is 2.24. The minimum atomic E-state index is 0.791. The lowest BCUT2D eigenvalue weighted by Crippen LogP contribution is -2.00. The Balaban J connectivity index is 2.56. The van der Waals surface area contributed by atoms with Gasteiger partial charge < -0.3 is 5.21 Å². The Morgan fingerprint density at radius 1 is 1.21 bits per heavy atom. The van der Waals surface area contributed by atoms with Crippen molar-refractivity contribution in [3.8, 4) is 0 Å². The molecule has 0 radical (unpaired) electrons. The topological polar surface area (TPSA) is 32.6 Å². The van der Waals surface area contributed by atoms with Gasteiger partial charge in [-0.2, -0.15) is 0 Å². The van der Waals surface area contributed by atoms with Crippen LogP contribution in [0, 0.1) is 0 Å². The maximum Gasteiger partial charge on any atom is 0.0867 e. The lowest BCUT2D eigenvalue weighted by Gasteiger charge is -2.03. The van der Waals surface area contributed by atoms with E-state index in [9.17, 15) is 0 Å². The van der Waals surface area contributed by atoms with Crippen molar-refractivity contribution in [2.24, 2.45) is 5.16 Å². The Hall–Kier alpha value is -1.31. The highest BCUT2D eigenvalue weighted by Gasteiger charge is 2.02. The van der Waals surface area contributed by atoms with Crippen LogP contribution >= 0.6 is 0 Å². The van der Waals surface area contributed by atoms with Crippen LogP contribution in [0.25, 0.3) is 0 Å². The first-order chi connectivity index (χ1) is 6.88. The molecule has 0 saturated carbocycles. The normalized spacial score (nSPS) is 11.6. The van der Waals surface area contributed by atoms with Crippen LogP contribution in [0.4, 0.5) is 0 Å². The van der Waals surface area contributed by atoms with Gasteiger partial charge in [0.2, 0.25) is 0 Å². The highest BCUT2D eigenvalue weighted by Crippen LogP contribution is 2.08. The molecule has 1 rings (SSSR count). The summed E-state index contributed by atoms with van der Waals surface area (Å²) < 4.78 is 0. The van der Waals surface area contributed by atoms with Crippen LogP contribution in [0.5, 0.6) is 0 Å². The Morgan fingerprint density at radius 3 is 2.50 bits per heavy atom. The third kappa shape index (κ3) is 3.21. The summed E-state index contributed by atoms with van der Waals surface area (Å²) in [6.45, 7) is 2.16. The Bertz CT molecular complexity index is 280. The van der Waals surface area contributed by atoms with Crippen molar-refractivity contribution in [1.29, 1.82) is 0 Å². The lowest BCUT2D eigenvalue weighted by atomic mass is 10.0. The molecule has 0 aliphatic heterocycles. The molecule has 0 saturated heterocycles. The zero-order chi connectivity index (χ0) is 10.2. The maximum atomic E-state index is 8.87. The van der Waals surface area contributed by atoms with Crippen LogP contribution in [0.1, 0.15) is 38.2 Å². The van der Waals surface area contributed by atoms with Gasteiger partial charge in [0, 0.05) is 0 Å². The van der Waals surface area contributed by atoms with Crippen molar-refractivity contribution >= 4 is 5.71 Å². The quantitative estimate of drug-likeness (QED) is 0.329. The van der Waals surface area contributed by atoms with E-state index in [4.69, 9.17) is 5.21 Å². The first kappa shape index (κ1) is 10.8. The summed E-state index contributed by atoms with van der Waals surface area (Å²) in [6.07, 6.45) is 4.32. The summed E-state index contributed by atoms with van der Waals surface area (Å²) in [6, 6.07) is 9.83. The summed E-state index contributed by atoms with van der Waals surface area (Å²) in [5, 5.41) is 12.2. The maximum absolute atomic E-state index is 8.87. The number of hydrogen-bond acceptors (Lipinski definition) is 2. The van der Waals surface area contributed by atoms with E-state index in [0.29, 0.717) is 0 Å². The molecule has 0 unspecified atom stereocenters. The van der Waals surface area contributed by atoms with E-state index in [2.05, 4.69) is 12.1 Å². The highest BCUT2D eigenvalue weighted by molar-refractivity contribution is 6.00. The largest absolute Gasteiger partial charge is 0.411 e. The van der Waals surface area contributed by atoms with E-state index in [-0.39, 0.29) is 0 Å². The second-order valence-electron chi connectivity index (χ2n) is 3.37. The second-order valence-corrected chi connectivity index (χ2v) is 3.37. The Morgan fingerprint density at radius 2 is 1.93 bits per heavy atom. The number of oxime groups is 1. The minimum Gasteiger partial charge on any atom is -0.411 e. The van der Waals surface area contributed by atoms with Gasteiger partial charge >= 0.3 is 0 Å². The molecule has 0 aliphatic rings. The smallest absolute Gasteiger partial charge is 0.0867 e. The SMILES string of the molecule is CCCCC/C(=N/O)c1ccccc1. The van der Waals surface area contributed by atoms with Gasteiger partial charge in [0.05, 0.1) is 5.71 Å². The standard InChI is InChI=1S/C12H17NO/c1-2-3-5-10-12(13-14)11-8-6-4-7-9-11/h4,6-9,14H,2-3,5,10H2,1H3/b13-12-. The van der Waals surface area contributed by atoms with E-state index in [1.54, 1.807) is 0 Å². The fourth-order valence-corrected chi connectivity index (χ4v) is 1.43. The van der Waals surface area contributed by atoms with Gasteiger partial charge in [-0.05, 0) is 18.4 Å². The summed E-state index contributed by atoms with van der Waals surface area (Å²) in [4.78, 5) is 0. The summed E-state index contributed by atoms with van der Waals surface area (Å²) in [7, 11) is 0. The van der Waals surface area contributed by atoms with Gasteiger partial charge in [0.25, 0.3) is 0 Å². The number of benzene rings is 1. The molecule has 0 aliphatic carbocycles. The predicted octanol–water partition coefficient (Wildman–Crippen LogP) is 3.45. The Labute approximate surface area is 85.3 Å². The monoisotopic (exact) mass is 191 g/mol. The fourth-order valence-electron chi connectivity index (χ4n) is 1.43. The third-order valence-electron chi connectivity index (χ3n) is 2.24.